The second kappa shape index (κ2) is 7.04. The molecular weight excluding hydrogens is 327 g/mol. The van der Waals surface area contributed by atoms with Crippen LogP contribution >= 0.6 is 0 Å². The quantitative estimate of drug-likeness (QED) is 0.902. The van der Waals surface area contributed by atoms with Gasteiger partial charge in [-0.2, -0.15) is 5.26 Å². The average Bonchev–Trinajstić information content (AvgIpc) is 2.55. The number of rotatable bonds is 5. The van der Waals surface area contributed by atoms with Crippen LogP contribution in [-0.2, 0) is 0 Å². The van der Waals surface area contributed by atoms with Crippen molar-refractivity contribution in [2.24, 2.45) is 0 Å². The molecule has 1 heterocycles. The zero-order valence-electron chi connectivity index (χ0n) is 12.6. The fourth-order valence-corrected chi connectivity index (χ4v) is 2.01. The Hall–Kier alpha value is -3.02. The normalized spacial score (nSPS) is 11.9. The largest absolute Gasteiger partial charge is 0.492 e. The van der Waals surface area contributed by atoms with Crippen molar-refractivity contribution >= 4 is 0 Å². The third-order valence-corrected chi connectivity index (χ3v) is 3.08. The zero-order chi connectivity index (χ0) is 17.9. The van der Waals surface area contributed by atoms with Gasteiger partial charge in [-0.05, 0) is 19.1 Å². The Bertz CT molecular complexity index is 844. The molecule has 1 atom stereocenters. The van der Waals surface area contributed by atoms with Crippen LogP contribution in [-0.4, -0.2) is 17.1 Å². The van der Waals surface area contributed by atoms with Crippen LogP contribution in [0.15, 0.2) is 23.3 Å². The molecule has 1 N–H and O–H groups in total. The van der Waals surface area contributed by atoms with E-state index in [1.54, 1.807) is 6.07 Å². The van der Waals surface area contributed by atoms with Crippen LogP contribution in [0.1, 0.15) is 36.3 Å². The first-order chi connectivity index (χ1) is 11.4. The maximum absolute atomic E-state index is 13.6. The number of nitrogens with zero attached hydrogens (tertiary/aromatic N) is 2. The van der Waals surface area contributed by atoms with Crippen molar-refractivity contribution in [2.75, 3.05) is 7.11 Å². The number of hydrogen-bond acceptors (Lipinski definition) is 5. The third-order valence-electron chi connectivity index (χ3n) is 3.08. The van der Waals surface area contributed by atoms with Gasteiger partial charge in [0.2, 0.25) is 5.75 Å². The maximum Gasteiger partial charge on any atom is 0.294 e. The number of nitrogens with one attached hydrogen (secondary N) is 1. The van der Waals surface area contributed by atoms with Gasteiger partial charge in [-0.25, -0.2) is 18.2 Å². The Kier molecular flexibility index (Phi) is 5.08. The number of methoxy groups -OCH3 is 1. The van der Waals surface area contributed by atoms with E-state index in [9.17, 15) is 18.0 Å². The number of ether oxygens (including phenoxy) is 2. The number of halogens is 3. The summed E-state index contributed by atoms with van der Waals surface area (Å²) in [6.07, 6.45) is -3.52. The Morgan fingerprint density at radius 1 is 1.29 bits per heavy atom. The Morgan fingerprint density at radius 2 is 2.00 bits per heavy atom. The lowest BCUT2D eigenvalue weighted by Gasteiger charge is -2.15. The highest BCUT2D eigenvalue weighted by Crippen LogP contribution is 2.38. The van der Waals surface area contributed by atoms with Crippen molar-refractivity contribution in [3.05, 3.63) is 45.6 Å². The fraction of sp³-hybridized carbons (Fsp3) is 0.267. The lowest BCUT2D eigenvalue weighted by Crippen LogP contribution is -2.13. The first-order valence-corrected chi connectivity index (χ1v) is 6.68. The first kappa shape index (κ1) is 17.3. The molecule has 0 saturated heterocycles. The summed E-state index contributed by atoms with van der Waals surface area (Å²) in [4.78, 5) is 17.8. The minimum absolute atomic E-state index is 0.150. The topological polar surface area (TPSA) is 88.0 Å². The molecular formula is C15H12F3N3O3. The van der Waals surface area contributed by atoms with E-state index >= 15 is 0 Å². The molecule has 0 amide bonds. The maximum atomic E-state index is 13.6. The Balaban J connectivity index is 2.64. The molecule has 0 bridgehead atoms. The van der Waals surface area contributed by atoms with Crippen molar-refractivity contribution in [3.63, 3.8) is 0 Å². The molecule has 0 aliphatic heterocycles. The third kappa shape index (κ3) is 3.32. The predicted octanol–water partition coefficient (Wildman–Crippen LogP) is 3.41. The zero-order valence-corrected chi connectivity index (χ0v) is 12.6. The molecule has 0 aliphatic rings. The predicted molar refractivity (Wildman–Crippen MR) is 77.1 cm³/mol. The summed E-state index contributed by atoms with van der Waals surface area (Å²) in [6.45, 7) is 1.14. The molecule has 6 nitrogen and oxygen atoms in total. The number of H-pyrrole nitrogens is 1. The summed E-state index contributed by atoms with van der Waals surface area (Å²) in [6, 6.07) is 3.57. The van der Waals surface area contributed by atoms with Gasteiger partial charge in [0.05, 0.1) is 19.0 Å². The molecule has 2 aromatic rings. The van der Waals surface area contributed by atoms with Gasteiger partial charge in [-0.3, -0.25) is 4.79 Å². The van der Waals surface area contributed by atoms with Gasteiger partial charge in [0.15, 0.2) is 11.5 Å². The van der Waals surface area contributed by atoms with Crippen LogP contribution in [0, 0.1) is 11.3 Å². The van der Waals surface area contributed by atoms with E-state index in [1.165, 1.54) is 7.11 Å². The molecule has 1 unspecified atom stereocenters. The Morgan fingerprint density at radius 3 is 2.54 bits per heavy atom. The monoisotopic (exact) mass is 339 g/mol. The summed E-state index contributed by atoms with van der Waals surface area (Å²) in [5, 5.41) is 9.07. The molecule has 0 saturated carbocycles. The van der Waals surface area contributed by atoms with Gasteiger partial charge in [0.1, 0.15) is 17.9 Å². The summed E-state index contributed by atoms with van der Waals surface area (Å²) in [5.74, 6) is -0.962. The number of aromatic amines is 1. The average molecular weight is 339 g/mol. The fourth-order valence-electron chi connectivity index (χ4n) is 2.01. The molecule has 0 radical (unpaired) electrons. The van der Waals surface area contributed by atoms with Gasteiger partial charge in [0, 0.05) is 5.56 Å². The van der Waals surface area contributed by atoms with Gasteiger partial charge < -0.3 is 14.5 Å². The number of nitriles is 1. The van der Waals surface area contributed by atoms with Crippen molar-refractivity contribution in [1.29, 1.82) is 5.26 Å². The van der Waals surface area contributed by atoms with E-state index in [1.807, 2.05) is 0 Å². The molecule has 0 aliphatic carbocycles. The van der Waals surface area contributed by atoms with E-state index in [0.29, 0.717) is 0 Å². The van der Waals surface area contributed by atoms with E-state index in [-0.39, 0.29) is 22.8 Å². The second-order valence-electron chi connectivity index (χ2n) is 4.68. The first-order valence-electron chi connectivity index (χ1n) is 6.68. The molecule has 126 valence electrons. The minimum Gasteiger partial charge on any atom is -0.492 e. The van der Waals surface area contributed by atoms with Gasteiger partial charge in [-0.1, -0.05) is 0 Å². The van der Waals surface area contributed by atoms with Gasteiger partial charge in [-0.15, -0.1) is 0 Å². The van der Waals surface area contributed by atoms with Gasteiger partial charge >= 0.3 is 0 Å². The van der Waals surface area contributed by atoms with Gasteiger partial charge in [0.25, 0.3) is 12.0 Å². The Labute approximate surface area is 134 Å². The molecule has 1 aromatic carbocycles. The van der Waals surface area contributed by atoms with Crippen LogP contribution in [0.4, 0.5) is 13.2 Å². The number of hydrogen-bond donors (Lipinski definition) is 1. The number of benzene rings is 1. The number of alkyl halides is 3. The van der Waals surface area contributed by atoms with E-state index in [4.69, 9.17) is 14.7 Å². The van der Waals surface area contributed by atoms with E-state index in [2.05, 4.69) is 9.97 Å². The van der Waals surface area contributed by atoms with Crippen LogP contribution in [0.3, 0.4) is 0 Å². The van der Waals surface area contributed by atoms with Crippen LogP contribution in [0.25, 0.3) is 0 Å². The molecule has 0 spiro atoms. The number of aromatic nitrogens is 2. The molecule has 2 rings (SSSR count). The summed E-state index contributed by atoms with van der Waals surface area (Å²) >= 11 is 0. The summed E-state index contributed by atoms with van der Waals surface area (Å²) in [5.41, 5.74) is -1.81. The highest BCUT2D eigenvalue weighted by molar-refractivity contribution is 5.56. The van der Waals surface area contributed by atoms with E-state index in [0.717, 1.165) is 25.4 Å². The lowest BCUT2D eigenvalue weighted by molar-refractivity contribution is 0.151. The van der Waals surface area contributed by atoms with Crippen molar-refractivity contribution in [3.8, 4) is 23.3 Å². The lowest BCUT2D eigenvalue weighted by atomic mass is 10.1. The highest BCUT2D eigenvalue weighted by atomic mass is 19.3. The molecule has 9 heteroatoms. The van der Waals surface area contributed by atoms with Crippen molar-refractivity contribution in [1.82, 2.24) is 9.97 Å². The molecule has 24 heavy (non-hydrogen) atoms. The highest BCUT2D eigenvalue weighted by Gasteiger charge is 2.22. The smallest absolute Gasteiger partial charge is 0.294 e. The SMILES string of the molecule is COc1c(C#N)cc(C(F)F)cc1Oc1c(C(C)F)nc[nH]c1=O. The summed E-state index contributed by atoms with van der Waals surface area (Å²) in [7, 11) is 1.21. The van der Waals surface area contributed by atoms with E-state index < -0.39 is 29.5 Å². The standard InChI is InChI=1S/C15H12F3N3O3/c1-7(16)11-13(15(22)21-6-20-11)24-10-4-8(14(17)18)3-9(5-19)12(10)23-2/h3-4,6-7,14H,1-2H3,(H,20,21,22). The van der Waals surface area contributed by atoms with Crippen LogP contribution in [0.5, 0.6) is 17.2 Å². The van der Waals surface area contributed by atoms with Crippen molar-refractivity contribution < 1.29 is 22.6 Å². The van der Waals surface area contributed by atoms with Crippen molar-refractivity contribution in [2.45, 2.75) is 19.5 Å². The molecule has 1 aromatic heterocycles. The van der Waals surface area contributed by atoms with Crippen LogP contribution < -0.4 is 15.0 Å². The summed E-state index contributed by atoms with van der Waals surface area (Å²) < 4.78 is 49.9. The molecule has 0 fully saturated rings. The minimum atomic E-state index is -2.88. The van der Waals surface area contributed by atoms with Crippen LogP contribution in [0.2, 0.25) is 0 Å². The second-order valence-corrected chi connectivity index (χ2v) is 4.68.